The molecule has 100 valence electrons. The van der Waals surface area contributed by atoms with E-state index >= 15 is 0 Å². The molecule has 1 heterocycles. The second-order valence-corrected chi connectivity index (χ2v) is 6.78. The van der Waals surface area contributed by atoms with Crippen molar-refractivity contribution in [3.63, 3.8) is 0 Å². The van der Waals surface area contributed by atoms with Gasteiger partial charge in [0.15, 0.2) is 0 Å². The molecular formula is C10H18Cl3N2O2+. The summed E-state index contributed by atoms with van der Waals surface area (Å²) in [6, 6.07) is 0. The van der Waals surface area contributed by atoms with Crippen LogP contribution >= 0.6 is 34.8 Å². The first-order valence-electron chi connectivity index (χ1n) is 5.61. The van der Waals surface area contributed by atoms with E-state index < -0.39 is 9.96 Å². The van der Waals surface area contributed by atoms with Crippen molar-refractivity contribution < 1.29 is 14.4 Å². The molecule has 0 aromatic heterocycles. The highest BCUT2D eigenvalue weighted by Crippen LogP contribution is 2.28. The fourth-order valence-electron chi connectivity index (χ4n) is 1.65. The van der Waals surface area contributed by atoms with E-state index in [0.717, 1.165) is 18.0 Å². The van der Waals surface area contributed by atoms with Crippen LogP contribution in [-0.2, 0) is 9.53 Å². The maximum Gasteiger partial charge on any atom is 0.262 e. The molecule has 2 N–H and O–H groups in total. The molecule has 1 amide bonds. The van der Waals surface area contributed by atoms with E-state index in [1.807, 2.05) is 0 Å². The number of quaternary nitrogens is 1. The second-order valence-electron chi connectivity index (χ2n) is 4.41. The van der Waals surface area contributed by atoms with Crippen molar-refractivity contribution in [2.24, 2.45) is 5.92 Å². The SMILES string of the molecule is CC(C)C(=O)N[C@H]([NH+]1CCOCC1)C(Cl)(Cl)Cl. The van der Waals surface area contributed by atoms with Gasteiger partial charge in [0.2, 0.25) is 12.1 Å². The number of rotatable bonds is 3. The Morgan fingerprint density at radius 1 is 1.29 bits per heavy atom. The lowest BCUT2D eigenvalue weighted by Gasteiger charge is -2.35. The number of hydrogen-bond donors (Lipinski definition) is 2. The molecule has 1 rings (SSSR count). The minimum Gasteiger partial charge on any atom is -0.370 e. The smallest absolute Gasteiger partial charge is 0.262 e. The summed E-state index contributed by atoms with van der Waals surface area (Å²) in [7, 11) is 0. The van der Waals surface area contributed by atoms with Crippen molar-refractivity contribution in [1.82, 2.24) is 5.32 Å². The third kappa shape index (κ3) is 4.79. The Labute approximate surface area is 117 Å². The van der Waals surface area contributed by atoms with E-state index in [4.69, 9.17) is 39.5 Å². The van der Waals surface area contributed by atoms with Gasteiger partial charge >= 0.3 is 0 Å². The van der Waals surface area contributed by atoms with E-state index in [2.05, 4.69) is 5.32 Å². The number of carbonyl (C=O) groups is 1. The monoisotopic (exact) mass is 303 g/mol. The molecule has 1 fully saturated rings. The molecule has 4 nitrogen and oxygen atoms in total. The predicted molar refractivity (Wildman–Crippen MR) is 68.6 cm³/mol. The van der Waals surface area contributed by atoms with Crippen LogP contribution in [-0.4, -0.2) is 42.2 Å². The molecule has 0 radical (unpaired) electrons. The van der Waals surface area contributed by atoms with Crippen molar-refractivity contribution in [1.29, 1.82) is 0 Å². The first-order chi connectivity index (χ1) is 7.82. The summed E-state index contributed by atoms with van der Waals surface area (Å²) in [5.74, 6) is -0.245. The molecule has 0 aliphatic carbocycles. The van der Waals surface area contributed by atoms with Gasteiger partial charge in [-0.1, -0.05) is 48.7 Å². The van der Waals surface area contributed by atoms with Crippen LogP contribution in [0.25, 0.3) is 0 Å². The summed E-state index contributed by atoms with van der Waals surface area (Å²) < 4.78 is 3.74. The summed E-state index contributed by atoms with van der Waals surface area (Å²) in [5, 5.41) is 2.80. The van der Waals surface area contributed by atoms with E-state index in [1.54, 1.807) is 13.8 Å². The molecule has 7 heteroatoms. The van der Waals surface area contributed by atoms with Crippen LogP contribution in [0.2, 0.25) is 0 Å². The van der Waals surface area contributed by atoms with Crippen molar-refractivity contribution in [2.75, 3.05) is 26.3 Å². The Morgan fingerprint density at radius 2 is 1.82 bits per heavy atom. The van der Waals surface area contributed by atoms with Gasteiger partial charge in [0.05, 0.1) is 13.2 Å². The van der Waals surface area contributed by atoms with Crippen LogP contribution in [0.5, 0.6) is 0 Å². The maximum absolute atomic E-state index is 11.7. The summed E-state index contributed by atoms with van der Waals surface area (Å²) in [4.78, 5) is 12.7. The normalized spacial score (nSPS) is 20.4. The zero-order valence-electron chi connectivity index (χ0n) is 9.93. The van der Waals surface area contributed by atoms with Crippen LogP contribution < -0.4 is 10.2 Å². The minimum atomic E-state index is -1.52. The molecule has 0 bridgehead atoms. The number of nitrogens with one attached hydrogen (secondary N) is 2. The van der Waals surface area contributed by atoms with Gasteiger partial charge in [-0.3, -0.25) is 4.79 Å². The van der Waals surface area contributed by atoms with Gasteiger partial charge in [-0.25, -0.2) is 0 Å². The van der Waals surface area contributed by atoms with Gasteiger partial charge in [-0.2, -0.15) is 0 Å². The third-order valence-corrected chi connectivity index (χ3v) is 3.34. The third-order valence-electron chi connectivity index (χ3n) is 2.68. The van der Waals surface area contributed by atoms with E-state index in [0.29, 0.717) is 13.2 Å². The van der Waals surface area contributed by atoms with E-state index in [-0.39, 0.29) is 11.8 Å². The Kier molecular flexibility index (Phi) is 5.80. The highest BCUT2D eigenvalue weighted by Gasteiger charge is 2.42. The number of hydrogen-bond acceptors (Lipinski definition) is 2. The number of carbonyl (C=O) groups excluding carboxylic acids is 1. The maximum atomic E-state index is 11.7. The van der Waals surface area contributed by atoms with E-state index in [1.165, 1.54) is 0 Å². The zero-order chi connectivity index (χ0) is 13.1. The summed E-state index contributed by atoms with van der Waals surface area (Å²) in [6.45, 7) is 6.28. The van der Waals surface area contributed by atoms with Gasteiger partial charge in [-0.05, 0) is 0 Å². The fraction of sp³-hybridized carbons (Fsp3) is 0.900. The molecule has 1 aliphatic rings. The lowest BCUT2D eigenvalue weighted by molar-refractivity contribution is -0.934. The van der Waals surface area contributed by atoms with Crippen molar-refractivity contribution in [3.8, 4) is 0 Å². The van der Waals surface area contributed by atoms with Gasteiger partial charge < -0.3 is 15.0 Å². The summed E-state index contributed by atoms with van der Waals surface area (Å²) >= 11 is 17.8. The number of halogens is 3. The Balaban J connectivity index is 2.69. The summed E-state index contributed by atoms with van der Waals surface area (Å²) in [6.07, 6.45) is -0.536. The molecule has 0 unspecified atom stereocenters. The lowest BCUT2D eigenvalue weighted by Crippen LogP contribution is -3.21. The fourth-order valence-corrected chi connectivity index (χ4v) is 2.27. The first kappa shape index (κ1) is 15.3. The molecular weight excluding hydrogens is 286 g/mol. The molecule has 17 heavy (non-hydrogen) atoms. The van der Waals surface area contributed by atoms with Crippen molar-refractivity contribution >= 4 is 40.7 Å². The van der Waals surface area contributed by atoms with E-state index in [9.17, 15) is 4.79 Å². The Hall–Kier alpha value is 0.260. The molecule has 1 saturated heterocycles. The summed E-state index contributed by atoms with van der Waals surface area (Å²) in [5.41, 5.74) is 0. The van der Waals surface area contributed by atoms with Gasteiger partial charge in [-0.15, -0.1) is 0 Å². The van der Waals surface area contributed by atoms with Crippen molar-refractivity contribution in [2.45, 2.75) is 23.8 Å². The number of alkyl halides is 3. The largest absolute Gasteiger partial charge is 0.370 e. The quantitative estimate of drug-likeness (QED) is 0.740. The average molecular weight is 305 g/mol. The Bertz CT molecular complexity index is 263. The Morgan fingerprint density at radius 3 is 2.24 bits per heavy atom. The van der Waals surface area contributed by atoms with Crippen LogP contribution in [0.3, 0.4) is 0 Å². The number of amides is 1. The van der Waals surface area contributed by atoms with Crippen LogP contribution in [0.15, 0.2) is 0 Å². The molecule has 1 atom stereocenters. The molecule has 0 saturated carbocycles. The predicted octanol–water partition coefficient (Wildman–Crippen LogP) is 0.370. The molecule has 0 aromatic carbocycles. The topological polar surface area (TPSA) is 42.8 Å². The first-order valence-corrected chi connectivity index (χ1v) is 6.75. The van der Waals surface area contributed by atoms with Crippen LogP contribution in [0.1, 0.15) is 13.8 Å². The standard InChI is InChI=1S/C10H17Cl3N2O2/c1-7(2)8(16)14-9(10(11,12)13)15-3-5-17-6-4-15/h7,9H,3-6H2,1-2H3,(H,14,16)/p+1/t9-/m1/s1. The number of morpholine rings is 1. The zero-order valence-corrected chi connectivity index (χ0v) is 12.2. The van der Waals surface area contributed by atoms with Gasteiger partial charge in [0.25, 0.3) is 3.79 Å². The van der Waals surface area contributed by atoms with Crippen molar-refractivity contribution in [3.05, 3.63) is 0 Å². The van der Waals surface area contributed by atoms with Gasteiger partial charge in [0, 0.05) is 5.92 Å². The van der Waals surface area contributed by atoms with Gasteiger partial charge in [0.1, 0.15) is 13.1 Å². The average Bonchev–Trinajstić information content (AvgIpc) is 2.25. The molecule has 0 spiro atoms. The molecule has 0 aromatic rings. The molecule has 1 aliphatic heterocycles. The lowest BCUT2D eigenvalue weighted by atomic mass is 10.2. The minimum absolute atomic E-state index is 0.111. The number of ether oxygens (including phenoxy) is 1. The second kappa shape index (κ2) is 6.43. The highest BCUT2D eigenvalue weighted by molar-refractivity contribution is 6.68. The highest BCUT2D eigenvalue weighted by atomic mass is 35.6. The van der Waals surface area contributed by atoms with Crippen LogP contribution in [0.4, 0.5) is 0 Å². The van der Waals surface area contributed by atoms with Crippen LogP contribution in [0, 0.1) is 5.92 Å².